The summed E-state index contributed by atoms with van der Waals surface area (Å²) in [6.45, 7) is 5.79. The van der Waals surface area contributed by atoms with E-state index in [9.17, 15) is 4.39 Å². The number of aromatic nitrogens is 2. The minimum absolute atomic E-state index is 0.256. The van der Waals surface area contributed by atoms with Crippen LogP contribution >= 0.6 is 0 Å². The summed E-state index contributed by atoms with van der Waals surface area (Å²) in [5.74, 6) is 0.606. The molecule has 0 radical (unpaired) electrons. The van der Waals surface area contributed by atoms with Gasteiger partial charge in [0, 0.05) is 7.05 Å². The van der Waals surface area contributed by atoms with Gasteiger partial charge in [-0.05, 0) is 61.2 Å². The Morgan fingerprint density at radius 2 is 2.00 bits per heavy atom. The highest BCUT2D eigenvalue weighted by Crippen LogP contribution is 2.53. The molecule has 28 heavy (non-hydrogen) atoms. The van der Waals surface area contributed by atoms with Crippen LogP contribution in [0, 0.1) is 12.7 Å². The maximum absolute atomic E-state index is 13.8. The predicted molar refractivity (Wildman–Crippen MR) is 107 cm³/mol. The number of anilines is 1. The number of para-hydroxylation sites is 1. The number of hydrazone groups is 1. The minimum Gasteiger partial charge on any atom is -0.332 e. The quantitative estimate of drug-likeness (QED) is 0.465. The monoisotopic (exact) mass is 376 g/mol. The highest BCUT2D eigenvalue weighted by atomic mass is 19.1. The van der Waals surface area contributed by atoms with Crippen molar-refractivity contribution in [2.75, 3.05) is 12.1 Å². The van der Waals surface area contributed by atoms with Gasteiger partial charge in [-0.3, -0.25) is 5.01 Å². The maximum Gasteiger partial charge on any atom is 0.278 e. The molecule has 0 spiro atoms. The van der Waals surface area contributed by atoms with Crippen molar-refractivity contribution in [3.05, 3.63) is 89.8 Å². The van der Waals surface area contributed by atoms with Crippen LogP contribution in [0.4, 0.5) is 10.1 Å². The van der Waals surface area contributed by atoms with E-state index in [-0.39, 0.29) is 11.2 Å². The first-order valence-corrected chi connectivity index (χ1v) is 9.14. The average molecular weight is 376 g/mol. The normalized spacial score (nSPS) is 15.3. The third kappa shape index (κ3) is 3.22. The molecular formula is C22H21FN4O. The summed E-state index contributed by atoms with van der Waals surface area (Å²) in [5, 5.41) is 10.4. The fourth-order valence-corrected chi connectivity index (χ4v) is 3.40. The van der Waals surface area contributed by atoms with Crippen LogP contribution in [-0.4, -0.2) is 22.9 Å². The topological polar surface area (TPSA) is 54.5 Å². The first-order valence-electron chi connectivity index (χ1n) is 9.14. The lowest BCUT2D eigenvalue weighted by atomic mass is 9.91. The van der Waals surface area contributed by atoms with Gasteiger partial charge in [0.25, 0.3) is 5.89 Å². The Balaban J connectivity index is 1.66. The molecular weight excluding hydrogens is 355 g/mol. The van der Waals surface area contributed by atoms with Gasteiger partial charge in [-0.25, -0.2) is 4.39 Å². The summed E-state index contributed by atoms with van der Waals surface area (Å²) >= 11 is 0. The van der Waals surface area contributed by atoms with E-state index in [0.29, 0.717) is 17.4 Å². The van der Waals surface area contributed by atoms with Gasteiger partial charge in [-0.15, -0.1) is 0 Å². The third-order valence-electron chi connectivity index (χ3n) is 5.12. The molecule has 1 aliphatic rings. The zero-order chi connectivity index (χ0) is 19.7. The molecule has 3 aromatic rings. The van der Waals surface area contributed by atoms with Crippen molar-refractivity contribution >= 4 is 11.4 Å². The zero-order valence-corrected chi connectivity index (χ0v) is 15.9. The van der Waals surface area contributed by atoms with Gasteiger partial charge in [-0.1, -0.05) is 36.0 Å². The molecule has 6 heteroatoms. The average Bonchev–Trinajstić information content (AvgIpc) is 3.37. The Labute approximate surface area is 163 Å². The summed E-state index contributed by atoms with van der Waals surface area (Å²) < 4.78 is 19.3. The first-order chi connectivity index (χ1) is 13.5. The molecule has 0 N–H and O–H groups in total. The van der Waals surface area contributed by atoms with Gasteiger partial charge in [0.2, 0.25) is 0 Å². The van der Waals surface area contributed by atoms with Gasteiger partial charge in [-0.2, -0.15) is 10.1 Å². The smallest absolute Gasteiger partial charge is 0.278 e. The van der Waals surface area contributed by atoms with Crippen molar-refractivity contribution in [3.8, 4) is 0 Å². The van der Waals surface area contributed by atoms with E-state index >= 15 is 0 Å². The van der Waals surface area contributed by atoms with Crippen molar-refractivity contribution in [2.24, 2.45) is 5.10 Å². The Kier molecular flexibility index (Phi) is 4.55. The van der Waals surface area contributed by atoms with Crippen LogP contribution in [0.1, 0.15) is 35.7 Å². The molecule has 1 aromatic heterocycles. The Bertz CT molecular complexity index is 1040. The van der Waals surface area contributed by atoms with Gasteiger partial charge >= 0.3 is 0 Å². The molecule has 5 nitrogen and oxygen atoms in total. The largest absolute Gasteiger partial charge is 0.332 e. The number of aryl methyl sites for hydroxylation is 1. The van der Waals surface area contributed by atoms with E-state index in [2.05, 4.69) is 21.8 Å². The molecule has 142 valence electrons. The number of benzene rings is 2. The van der Waals surface area contributed by atoms with Gasteiger partial charge in [0.05, 0.1) is 11.1 Å². The van der Waals surface area contributed by atoms with Crippen molar-refractivity contribution in [3.63, 3.8) is 0 Å². The molecule has 4 rings (SSSR count). The van der Waals surface area contributed by atoms with Crippen LogP contribution < -0.4 is 5.01 Å². The molecule has 1 heterocycles. The number of rotatable bonds is 6. The van der Waals surface area contributed by atoms with Crippen LogP contribution in [0.3, 0.4) is 0 Å². The van der Waals surface area contributed by atoms with Crippen LogP contribution in [0.15, 0.2) is 70.8 Å². The molecule has 0 saturated heterocycles. The molecule has 0 amide bonds. The highest BCUT2D eigenvalue weighted by molar-refractivity contribution is 6.05. The molecule has 1 saturated carbocycles. The summed E-state index contributed by atoms with van der Waals surface area (Å²) in [7, 11) is 1.84. The first kappa shape index (κ1) is 18.1. The van der Waals surface area contributed by atoms with E-state index in [4.69, 9.17) is 4.52 Å². The fourth-order valence-electron chi connectivity index (χ4n) is 3.40. The van der Waals surface area contributed by atoms with Crippen LogP contribution in [0.5, 0.6) is 0 Å². The third-order valence-corrected chi connectivity index (χ3v) is 5.12. The number of hydrogen-bond donors (Lipinski definition) is 0. The van der Waals surface area contributed by atoms with Crippen molar-refractivity contribution < 1.29 is 8.91 Å². The highest BCUT2D eigenvalue weighted by Gasteiger charge is 2.51. The van der Waals surface area contributed by atoms with Crippen molar-refractivity contribution in [2.45, 2.75) is 25.2 Å². The van der Waals surface area contributed by atoms with Crippen molar-refractivity contribution in [1.82, 2.24) is 10.1 Å². The number of halogens is 1. The predicted octanol–water partition coefficient (Wildman–Crippen LogP) is 4.62. The summed E-state index contributed by atoms with van der Waals surface area (Å²) in [6.07, 6.45) is 3.31. The van der Waals surface area contributed by atoms with Gasteiger partial charge < -0.3 is 4.52 Å². The number of hydrogen-bond acceptors (Lipinski definition) is 5. The molecule has 1 aliphatic carbocycles. The number of allylic oxidation sites excluding steroid dienone is 1. The van der Waals surface area contributed by atoms with Crippen LogP contribution in [0.2, 0.25) is 0 Å². The maximum atomic E-state index is 13.8. The van der Waals surface area contributed by atoms with E-state index < -0.39 is 0 Å². The number of nitrogens with zero attached hydrogens (tertiary/aromatic N) is 4. The molecule has 0 bridgehead atoms. The van der Waals surface area contributed by atoms with E-state index in [1.165, 1.54) is 6.07 Å². The molecule has 0 unspecified atom stereocenters. The lowest BCUT2D eigenvalue weighted by Gasteiger charge is -2.14. The van der Waals surface area contributed by atoms with Gasteiger partial charge in [0.15, 0.2) is 5.82 Å². The molecule has 1 fully saturated rings. The molecule has 2 aromatic carbocycles. The second-order valence-corrected chi connectivity index (χ2v) is 7.01. The van der Waals surface area contributed by atoms with E-state index in [0.717, 1.165) is 29.7 Å². The Morgan fingerprint density at radius 1 is 1.25 bits per heavy atom. The lowest BCUT2D eigenvalue weighted by Crippen LogP contribution is -2.15. The minimum atomic E-state index is -0.383. The summed E-state index contributed by atoms with van der Waals surface area (Å²) in [6, 6.07) is 14.6. The Morgan fingerprint density at radius 3 is 2.68 bits per heavy atom. The summed E-state index contributed by atoms with van der Waals surface area (Å²) in [5.41, 5.74) is 2.96. The van der Waals surface area contributed by atoms with Crippen LogP contribution in [-0.2, 0) is 5.41 Å². The van der Waals surface area contributed by atoms with Crippen molar-refractivity contribution in [1.29, 1.82) is 0 Å². The molecule has 0 atom stereocenters. The second-order valence-electron chi connectivity index (χ2n) is 7.01. The summed E-state index contributed by atoms with van der Waals surface area (Å²) in [4.78, 5) is 4.58. The zero-order valence-electron chi connectivity index (χ0n) is 15.9. The van der Waals surface area contributed by atoms with Crippen LogP contribution in [0.25, 0.3) is 0 Å². The fraction of sp³-hybridized carbons (Fsp3) is 0.227. The Hall–Kier alpha value is -3.28. The SMILES string of the molecule is C=C/C(=N\N(C)c1ccccc1)c1nc(C2(c3cc(F)ccc3C)CC2)no1. The standard InChI is InChI=1S/C22H21FN4O/c1-4-19(25-27(3)17-8-6-5-7-9-17)20-24-21(26-28-20)22(12-13-22)18-14-16(23)11-10-15(18)2/h4-11,14H,1,12-13H2,2-3H3/b25-19+. The second kappa shape index (κ2) is 7.03. The molecule has 0 aliphatic heterocycles. The lowest BCUT2D eigenvalue weighted by molar-refractivity contribution is 0.400. The van der Waals surface area contributed by atoms with E-state index in [1.807, 2.05) is 44.3 Å². The van der Waals surface area contributed by atoms with E-state index in [1.54, 1.807) is 23.2 Å². The van der Waals surface area contributed by atoms with Gasteiger partial charge in [0.1, 0.15) is 11.5 Å².